The molecule has 1 aliphatic rings. The van der Waals surface area contributed by atoms with E-state index in [0.29, 0.717) is 11.3 Å². The molecule has 1 fully saturated rings. The molecule has 2 aromatic rings. The minimum atomic E-state index is -0.0469. The van der Waals surface area contributed by atoms with Crippen LogP contribution >= 0.6 is 0 Å². The summed E-state index contributed by atoms with van der Waals surface area (Å²) < 4.78 is 14.2. The van der Waals surface area contributed by atoms with Gasteiger partial charge < -0.3 is 10.3 Å². The fourth-order valence-corrected chi connectivity index (χ4v) is 2.71. The molecule has 2 nitrogen and oxygen atoms in total. The van der Waals surface area contributed by atoms with Crippen molar-refractivity contribution in [2.45, 2.75) is 19.3 Å². The highest BCUT2D eigenvalue weighted by Gasteiger charge is 2.16. The first-order valence-electron chi connectivity index (χ1n) is 6.30. The number of piperidine rings is 1. The molecule has 1 aliphatic heterocycles. The van der Waals surface area contributed by atoms with Crippen molar-refractivity contribution >= 4 is 10.9 Å². The van der Waals surface area contributed by atoms with Crippen molar-refractivity contribution < 1.29 is 4.39 Å². The Bertz CT molecular complexity index is 512. The lowest BCUT2D eigenvalue weighted by molar-refractivity contribution is 0.372. The average molecular weight is 232 g/mol. The lowest BCUT2D eigenvalue weighted by atomic mass is 9.91. The Hall–Kier alpha value is -1.35. The first-order chi connectivity index (χ1) is 8.34. The molecule has 3 rings (SSSR count). The fraction of sp³-hybridized carbons (Fsp3) is 0.429. The summed E-state index contributed by atoms with van der Waals surface area (Å²) in [5.41, 5.74) is 1.74. The Kier molecular flexibility index (Phi) is 2.85. The Balaban J connectivity index is 1.86. The number of aromatic amines is 1. The molecule has 17 heavy (non-hydrogen) atoms. The van der Waals surface area contributed by atoms with Gasteiger partial charge in [0.1, 0.15) is 5.82 Å². The highest BCUT2D eigenvalue weighted by molar-refractivity contribution is 5.80. The number of H-pyrrole nitrogens is 1. The third-order valence-electron chi connectivity index (χ3n) is 3.66. The molecule has 0 saturated carbocycles. The van der Waals surface area contributed by atoms with Crippen LogP contribution in [-0.4, -0.2) is 18.1 Å². The molecule has 0 radical (unpaired) electrons. The quantitative estimate of drug-likeness (QED) is 0.818. The first-order valence-corrected chi connectivity index (χ1v) is 6.30. The van der Waals surface area contributed by atoms with Gasteiger partial charge in [-0.3, -0.25) is 0 Å². The zero-order valence-electron chi connectivity index (χ0n) is 9.80. The van der Waals surface area contributed by atoms with Crippen molar-refractivity contribution in [1.29, 1.82) is 0 Å². The van der Waals surface area contributed by atoms with Gasteiger partial charge >= 0.3 is 0 Å². The van der Waals surface area contributed by atoms with Gasteiger partial charge in [-0.15, -0.1) is 0 Å². The zero-order valence-corrected chi connectivity index (χ0v) is 9.80. The third kappa shape index (κ3) is 2.07. The van der Waals surface area contributed by atoms with Crippen molar-refractivity contribution in [3.8, 4) is 0 Å². The minimum absolute atomic E-state index is 0.0469. The van der Waals surface area contributed by atoms with E-state index in [1.54, 1.807) is 6.20 Å². The van der Waals surface area contributed by atoms with E-state index in [9.17, 15) is 4.39 Å². The molecule has 1 saturated heterocycles. The van der Waals surface area contributed by atoms with Gasteiger partial charge in [-0.05, 0) is 56.0 Å². The molecule has 1 aromatic carbocycles. The molecular weight excluding hydrogens is 215 g/mol. The van der Waals surface area contributed by atoms with Crippen LogP contribution in [0, 0.1) is 11.7 Å². The van der Waals surface area contributed by atoms with Crippen LogP contribution in [0.1, 0.15) is 18.4 Å². The van der Waals surface area contributed by atoms with E-state index in [4.69, 9.17) is 0 Å². The van der Waals surface area contributed by atoms with Crippen LogP contribution in [0.5, 0.6) is 0 Å². The number of aromatic nitrogens is 1. The van der Waals surface area contributed by atoms with Gasteiger partial charge in [-0.1, -0.05) is 6.07 Å². The summed E-state index contributed by atoms with van der Waals surface area (Å²) >= 11 is 0. The van der Waals surface area contributed by atoms with Crippen LogP contribution < -0.4 is 5.32 Å². The van der Waals surface area contributed by atoms with Gasteiger partial charge in [0, 0.05) is 17.1 Å². The number of halogens is 1. The van der Waals surface area contributed by atoms with Gasteiger partial charge in [0.15, 0.2) is 0 Å². The van der Waals surface area contributed by atoms with E-state index in [-0.39, 0.29) is 5.82 Å². The van der Waals surface area contributed by atoms with Crippen LogP contribution in [-0.2, 0) is 6.42 Å². The summed E-state index contributed by atoms with van der Waals surface area (Å²) in [5, 5.41) is 4.09. The molecule has 2 N–H and O–H groups in total. The lowest BCUT2D eigenvalue weighted by Crippen LogP contribution is -2.31. The maximum Gasteiger partial charge on any atom is 0.135 e. The molecule has 90 valence electrons. The Labute approximate surface area is 100 Å². The van der Waals surface area contributed by atoms with Crippen molar-refractivity contribution in [3.05, 3.63) is 35.8 Å². The van der Waals surface area contributed by atoms with Crippen LogP contribution in [0.4, 0.5) is 4.39 Å². The second-order valence-corrected chi connectivity index (χ2v) is 4.89. The van der Waals surface area contributed by atoms with E-state index in [0.717, 1.165) is 30.6 Å². The van der Waals surface area contributed by atoms with Crippen LogP contribution in [0.25, 0.3) is 10.9 Å². The predicted octanol–water partition coefficient (Wildman–Crippen LogP) is 2.85. The molecule has 2 heterocycles. The number of hydrogen-bond donors (Lipinski definition) is 2. The van der Waals surface area contributed by atoms with Crippen LogP contribution in [0.2, 0.25) is 0 Å². The highest BCUT2D eigenvalue weighted by Crippen LogP contribution is 2.24. The van der Waals surface area contributed by atoms with Gasteiger partial charge in [-0.25, -0.2) is 4.39 Å². The van der Waals surface area contributed by atoms with Crippen molar-refractivity contribution in [1.82, 2.24) is 10.3 Å². The van der Waals surface area contributed by atoms with Crippen LogP contribution in [0.3, 0.4) is 0 Å². The van der Waals surface area contributed by atoms with E-state index >= 15 is 0 Å². The molecule has 1 unspecified atom stereocenters. The zero-order chi connectivity index (χ0) is 11.7. The van der Waals surface area contributed by atoms with E-state index < -0.39 is 0 Å². The minimum Gasteiger partial charge on any atom is -0.361 e. The van der Waals surface area contributed by atoms with Gasteiger partial charge in [0.2, 0.25) is 0 Å². The average Bonchev–Trinajstić information content (AvgIpc) is 2.83. The lowest BCUT2D eigenvalue weighted by Gasteiger charge is -2.22. The second-order valence-electron chi connectivity index (χ2n) is 4.89. The van der Waals surface area contributed by atoms with Gasteiger partial charge in [0.25, 0.3) is 0 Å². The molecular formula is C14H17FN2. The van der Waals surface area contributed by atoms with E-state index in [1.165, 1.54) is 12.8 Å². The standard InChI is InChI=1S/C14H17FN2/c15-14-11(8-10-2-1-6-16-9-10)3-4-13-12(14)5-7-17-13/h3-5,7,10,16-17H,1-2,6,8-9H2. The molecule has 0 bridgehead atoms. The number of benzene rings is 1. The summed E-state index contributed by atoms with van der Waals surface area (Å²) in [7, 11) is 0. The Morgan fingerprint density at radius 1 is 1.29 bits per heavy atom. The SMILES string of the molecule is Fc1c(CC2CCCNC2)ccc2[nH]ccc12. The van der Waals surface area contributed by atoms with Crippen molar-refractivity contribution in [3.63, 3.8) is 0 Å². The molecule has 1 aromatic heterocycles. The normalized spacial score (nSPS) is 20.9. The maximum atomic E-state index is 14.2. The smallest absolute Gasteiger partial charge is 0.135 e. The van der Waals surface area contributed by atoms with Gasteiger partial charge in [-0.2, -0.15) is 0 Å². The summed E-state index contributed by atoms with van der Waals surface area (Å²) in [6.45, 7) is 2.13. The summed E-state index contributed by atoms with van der Waals surface area (Å²) in [6, 6.07) is 5.71. The van der Waals surface area contributed by atoms with Gasteiger partial charge in [0.05, 0.1) is 0 Å². The predicted molar refractivity (Wildman–Crippen MR) is 67.6 cm³/mol. The molecule has 0 amide bonds. The highest BCUT2D eigenvalue weighted by atomic mass is 19.1. The maximum absolute atomic E-state index is 14.2. The van der Waals surface area contributed by atoms with Crippen LogP contribution in [0.15, 0.2) is 24.4 Å². The summed E-state index contributed by atoms with van der Waals surface area (Å²) in [4.78, 5) is 3.04. The monoisotopic (exact) mass is 232 g/mol. The first kappa shape index (κ1) is 10.8. The second kappa shape index (κ2) is 4.49. The number of rotatable bonds is 2. The number of fused-ring (bicyclic) bond motifs is 1. The third-order valence-corrected chi connectivity index (χ3v) is 3.66. The van der Waals surface area contributed by atoms with E-state index in [2.05, 4.69) is 10.3 Å². The Morgan fingerprint density at radius 2 is 2.24 bits per heavy atom. The van der Waals surface area contributed by atoms with E-state index in [1.807, 2.05) is 18.2 Å². The fourth-order valence-electron chi connectivity index (χ4n) is 2.71. The van der Waals surface area contributed by atoms with Crippen molar-refractivity contribution in [2.24, 2.45) is 5.92 Å². The molecule has 0 aliphatic carbocycles. The Morgan fingerprint density at radius 3 is 3.06 bits per heavy atom. The topological polar surface area (TPSA) is 27.8 Å². The number of nitrogens with one attached hydrogen (secondary N) is 2. The van der Waals surface area contributed by atoms with Crippen molar-refractivity contribution in [2.75, 3.05) is 13.1 Å². The summed E-state index contributed by atoms with van der Waals surface area (Å²) in [5.74, 6) is 0.531. The largest absolute Gasteiger partial charge is 0.361 e. The molecule has 0 spiro atoms. The molecule has 1 atom stereocenters. The molecule has 3 heteroatoms. The number of hydrogen-bond acceptors (Lipinski definition) is 1. The summed E-state index contributed by atoms with van der Waals surface area (Å²) in [6.07, 6.45) is 5.05.